The molecule has 1 aromatic heterocycles. The van der Waals surface area contributed by atoms with E-state index in [1.165, 1.54) is 6.26 Å². The third-order valence-corrected chi connectivity index (χ3v) is 3.64. The normalized spacial score (nSPS) is 14.3. The standard InChI is InChI=1S/C12H16BrNO4/c1-7(2)12(3,6-9(15)16)14-11(17)10-8(13)4-5-18-10/h4-5,7H,6H2,1-3H3,(H,14,17)(H,15,16). The lowest BCUT2D eigenvalue weighted by molar-refractivity contribution is -0.138. The third kappa shape index (κ3) is 3.35. The molecule has 2 N–H and O–H groups in total. The zero-order valence-corrected chi connectivity index (χ0v) is 12.1. The van der Waals surface area contributed by atoms with Gasteiger partial charge in [-0.2, -0.15) is 0 Å². The highest BCUT2D eigenvalue weighted by atomic mass is 79.9. The van der Waals surface area contributed by atoms with Crippen LogP contribution < -0.4 is 5.32 Å². The first-order valence-corrected chi connectivity index (χ1v) is 6.33. The van der Waals surface area contributed by atoms with Crippen molar-refractivity contribution in [3.8, 4) is 0 Å². The number of hydrogen-bond donors (Lipinski definition) is 2. The molecule has 1 heterocycles. The second kappa shape index (κ2) is 5.56. The highest BCUT2D eigenvalue weighted by molar-refractivity contribution is 9.10. The Morgan fingerprint density at radius 1 is 1.56 bits per heavy atom. The van der Waals surface area contributed by atoms with Crippen LogP contribution in [-0.2, 0) is 4.79 Å². The van der Waals surface area contributed by atoms with E-state index in [0.717, 1.165) is 0 Å². The van der Waals surface area contributed by atoms with Crippen molar-refractivity contribution < 1.29 is 19.1 Å². The molecule has 0 radical (unpaired) electrons. The van der Waals surface area contributed by atoms with Gasteiger partial charge in [0, 0.05) is 0 Å². The van der Waals surface area contributed by atoms with Gasteiger partial charge in [-0.15, -0.1) is 0 Å². The number of carboxylic acid groups (broad SMARTS) is 1. The zero-order chi connectivity index (χ0) is 13.9. The van der Waals surface area contributed by atoms with Crippen LogP contribution in [0.2, 0.25) is 0 Å². The molecule has 100 valence electrons. The molecule has 0 saturated heterocycles. The lowest BCUT2D eigenvalue weighted by Crippen LogP contribution is -2.51. The molecule has 0 fully saturated rings. The summed E-state index contributed by atoms with van der Waals surface area (Å²) in [5.41, 5.74) is -0.824. The third-order valence-electron chi connectivity index (χ3n) is 3.02. The van der Waals surface area contributed by atoms with E-state index < -0.39 is 17.4 Å². The van der Waals surface area contributed by atoms with Gasteiger partial charge in [-0.25, -0.2) is 0 Å². The van der Waals surface area contributed by atoms with Gasteiger partial charge in [-0.1, -0.05) is 13.8 Å². The van der Waals surface area contributed by atoms with E-state index in [4.69, 9.17) is 9.52 Å². The summed E-state index contributed by atoms with van der Waals surface area (Å²) < 4.78 is 5.59. The first-order valence-electron chi connectivity index (χ1n) is 5.53. The molecule has 18 heavy (non-hydrogen) atoms. The molecule has 5 nitrogen and oxygen atoms in total. The second-order valence-corrected chi connectivity index (χ2v) is 5.55. The molecule has 0 bridgehead atoms. The van der Waals surface area contributed by atoms with Gasteiger partial charge in [0.15, 0.2) is 0 Å². The molecule has 1 unspecified atom stereocenters. The van der Waals surface area contributed by atoms with Crippen molar-refractivity contribution in [2.75, 3.05) is 0 Å². The fourth-order valence-electron chi connectivity index (χ4n) is 1.48. The first kappa shape index (κ1) is 14.8. The summed E-state index contributed by atoms with van der Waals surface area (Å²) >= 11 is 3.19. The number of rotatable bonds is 5. The largest absolute Gasteiger partial charge is 0.481 e. The van der Waals surface area contributed by atoms with Crippen molar-refractivity contribution in [2.24, 2.45) is 5.92 Å². The number of nitrogens with one attached hydrogen (secondary N) is 1. The van der Waals surface area contributed by atoms with Crippen LogP contribution in [0.4, 0.5) is 0 Å². The van der Waals surface area contributed by atoms with Crippen molar-refractivity contribution in [1.82, 2.24) is 5.32 Å². The number of aliphatic carboxylic acids is 1. The van der Waals surface area contributed by atoms with Gasteiger partial charge >= 0.3 is 5.97 Å². The Bertz CT molecular complexity index is 455. The van der Waals surface area contributed by atoms with Crippen LogP contribution in [0, 0.1) is 5.92 Å². The van der Waals surface area contributed by atoms with Crippen molar-refractivity contribution >= 4 is 27.8 Å². The topological polar surface area (TPSA) is 79.5 Å². The summed E-state index contributed by atoms with van der Waals surface area (Å²) in [4.78, 5) is 22.9. The Morgan fingerprint density at radius 2 is 2.17 bits per heavy atom. The molecular weight excluding hydrogens is 302 g/mol. The van der Waals surface area contributed by atoms with E-state index in [1.807, 2.05) is 13.8 Å². The number of carbonyl (C=O) groups is 2. The van der Waals surface area contributed by atoms with Crippen molar-refractivity contribution in [2.45, 2.75) is 32.7 Å². The zero-order valence-electron chi connectivity index (χ0n) is 10.5. The summed E-state index contributed by atoms with van der Waals surface area (Å²) in [6.45, 7) is 5.43. The average molecular weight is 318 g/mol. The molecule has 6 heteroatoms. The van der Waals surface area contributed by atoms with Crippen LogP contribution in [-0.4, -0.2) is 22.5 Å². The average Bonchev–Trinajstić information content (AvgIpc) is 2.62. The van der Waals surface area contributed by atoms with Gasteiger partial charge < -0.3 is 14.8 Å². The summed E-state index contributed by atoms with van der Waals surface area (Å²) in [6, 6.07) is 1.61. The van der Waals surface area contributed by atoms with Gasteiger partial charge in [0.1, 0.15) is 0 Å². The van der Waals surface area contributed by atoms with Crippen LogP contribution in [0.1, 0.15) is 37.7 Å². The molecule has 0 aromatic carbocycles. The Balaban J connectivity index is 2.88. The molecule has 1 rings (SSSR count). The summed E-state index contributed by atoms with van der Waals surface area (Å²) in [5.74, 6) is -1.26. The van der Waals surface area contributed by atoms with Crippen molar-refractivity contribution in [3.05, 3.63) is 22.6 Å². The quantitative estimate of drug-likeness (QED) is 0.875. The number of hydrogen-bond acceptors (Lipinski definition) is 3. The Hall–Kier alpha value is -1.30. The smallest absolute Gasteiger partial charge is 0.305 e. The maximum atomic E-state index is 12.0. The molecule has 0 aliphatic heterocycles. The molecule has 0 spiro atoms. The van der Waals surface area contributed by atoms with E-state index in [2.05, 4.69) is 21.2 Å². The molecule has 0 aliphatic carbocycles. The Labute approximate surface area is 114 Å². The Kier molecular flexibility index (Phi) is 4.56. The van der Waals surface area contributed by atoms with Crippen LogP contribution in [0.3, 0.4) is 0 Å². The lowest BCUT2D eigenvalue weighted by atomic mass is 9.85. The lowest BCUT2D eigenvalue weighted by Gasteiger charge is -2.33. The monoisotopic (exact) mass is 317 g/mol. The highest BCUT2D eigenvalue weighted by Crippen LogP contribution is 2.23. The van der Waals surface area contributed by atoms with Gasteiger partial charge in [0.05, 0.1) is 22.7 Å². The number of furan rings is 1. The van der Waals surface area contributed by atoms with Crippen LogP contribution >= 0.6 is 15.9 Å². The molecule has 1 atom stereocenters. The van der Waals surface area contributed by atoms with Gasteiger partial charge in [-0.3, -0.25) is 9.59 Å². The van der Waals surface area contributed by atoms with Crippen LogP contribution in [0.15, 0.2) is 21.2 Å². The predicted molar refractivity (Wildman–Crippen MR) is 69.4 cm³/mol. The van der Waals surface area contributed by atoms with E-state index >= 15 is 0 Å². The SMILES string of the molecule is CC(C)C(C)(CC(=O)O)NC(=O)c1occc1Br. The first-order chi connectivity index (χ1) is 8.26. The molecule has 0 aliphatic rings. The summed E-state index contributed by atoms with van der Waals surface area (Å²) in [5, 5.41) is 11.6. The minimum atomic E-state index is -0.954. The Morgan fingerprint density at radius 3 is 2.56 bits per heavy atom. The van der Waals surface area contributed by atoms with E-state index in [1.54, 1.807) is 13.0 Å². The van der Waals surface area contributed by atoms with Gasteiger partial charge in [0.2, 0.25) is 5.76 Å². The molecule has 1 amide bonds. The maximum Gasteiger partial charge on any atom is 0.305 e. The molecular formula is C12H16BrNO4. The number of halogens is 1. The number of carboxylic acids is 1. The van der Waals surface area contributed by atoms with Crippen LogP contribution in [0.25, 0.3) is 0 Å². The number of amides is 1. The van der Waals surface area contributed by atoms with Crippen LogP contribution in [0.5, 0.6) is 0 Å². The molecule has 1 aromatic rings. The fraction of sp³-hybridized carbons (Fsp3) is 0.500. The highest BCUT2D eigenvalue weighted by Gasteiger charge is 2.34. The minimum Gasteiger partial charge on any atom is -0.481 e. The second-order valence-electron chi connectivity index (χ2n) is 4.69. The van der Waals surface area contributed by atoms with E-state index in [0.29, 0.717) is 4.47 Å². The molecule has 0 saturated carbocycles. The minimum absolute atomic E-state index is 0.0220. The van der Waals surface area contributed by atoms with E-state index in [9.17, 15) is 9.59 Å². The fourth-order valence-corrected chi connectivity index (χ4v) is 1.86. The summed E-state index contributed by atoms with van der Waals surface area (Å²) in [7, 11) is 0. The van der Waals surface area contributed by atoms with Gasteiger partial charge in [-0.05, 0) is 34.8 Å². The maximum absolute atomic E-state index is 12.0. The van der Waals surface area contributed by atoms with Crippen molar-refractivity contribution in [1.29, 1.82) is 0 Å². The van der Waals surface area contributed by atoms with Gasteiger partial charge in [0.25, 0.3) is 5.91 Å². The predicted octanol–water partition coefficient (Wildman–Crippen LogP) is 2.66. The van der Waals surface area contributed by atoms with Crippen molar-refractivity contribution in [3.63, 3.8) is 0 Å². The number of carbonyl (C=O) groups excluding carboxylic acids is 1. The van der Waals surface area contributed by atoms with E-state index in [-0.39, 0.29) is 18.1 Å². The summed E-state index contributed by atoms with van der Waals surface area (Å²) in [6.07, 6.45) is 1.25.